The number of imidazole rings is 1. The molecular weight excluding hydrogens is 374 g/mol. The van der Waals surface area contributed by atoms with Crippen LogP contribution in [0.25, 0.3) is 11.0 Å². The first-order valence-electron chi connectivity index (χ1n) is 9.96. The van der Waals surface area contributed by atoms with Gasteiger partial charge < -0.3 is 9.64 Å². The van der Waals surface area contributed by atoms with Gasteiger partial charge in [0.1, 0.15) is 4.88 Å². The molecule has 1 aliphatic carbocycles. The maximum atomic E-state index is 13.1. The Morgan fingerprint density at radius 2 is 1.96 bits per heavy atom. The lowest BCUT2D eigenvalue weighted by Crippen LogP contribution is -2.38. The molecule has 7 heteroatoms. The molecule has 152 valence electrons. The van der Waals surface area contributed by atoms with Crippen LogP contribution < -0.4 is 0 Å². The zero-order valence-corrected chi connectivity index (χ0v) is 18.2. The normalized spacial score (nSPS) is 15.8. The molecule has 0 atom stereocenters. The van der Waals surface area contributed by atoms with Crippen molar-refractivity contribution in [3.8, 4) is 0 Å². The zero-order valence-electron chi connectivity index (χ0n) is 17.4. The van der Waals surface area contributed by atoms with E-state index < -0.39 is 0 Å². The van der Waals surface area contributed by atoms with Gasteiger partial charge in [0, 0.05) is 24.4 Å². The van der Waals surface area contributed by atoms with Gasteiger partial charge >= 0.3 is 5.97 Å². The van der Waals surface area contributed by atoms with E-state index >= 15 is 0 Å². The Morgan fingerprint density at radius 3 is 2.61 bits per heavy atom. The second kappa shape index (κ2) is 8.47. The molecule has 1 fully saturated rings. The molecule has 1 amide bonds. The van der Waals surface area contributed by atoms with Gasteiger partial charge in [0.05, 0.1) is 18.0 Å². The van der Waals surface area contributed by atoms with Crippen LogP contribution in [0.3, 0.4) is 0 Å². The number of carbonyl (C=O) groups excluding carboxylic acids is 2. The number of carbonyl (C=O) groups is 2. The van der Waals surface area contributed by atoms with Gasteiger partial charge in [-0.1, -0.05) is 30.6 Å². The fourth-order valence-electron chi connectivity index (χ4n) is 3.85. The van der Waals surface area contributed by atoms with Crippen molar-refractivity contribution in [2.75, 3.05) is 13.7 Å². The fraction of sp³-hybridized carbons (Fsp3) is 0.571. The van der Waals surface area contributed by atoms with Crippen molar-refractivity contribution >= 4 is 34.3 Å². The van der Waals surface area contributed by atoms with E-state index in [-0.39, 0.29) is 11.9 Å². The SMILES string of the molecule is CCOC(=O)/C(C)=C/c1c(C)nc2sc(C(=O)N(C)C3CCCCC3)c(C)n12. The summed E-state index contributed by atoms with van der Waals surface area (Å²) in [4.78, 5) is 33.2. The van der Waals surface area contributed by atoms with E-state index in [4.69, 9.17) is 4.74 Å². The van der Waals surface area contributed by atoms with Crippen LogP contribution in [0.1, 0.15) is 72.7 Å². The lowest BCUT2D eigenvalue weighted by Gasteiger charge is -2.31. The average molecular weight is 404 g/mol. The highest BCUT2D eigenvalue weighted by atomic mass is 32.1. The molecule has 1 aliphatic rings. The lowest BCUT2D eigenvalue weighted by molar-refractivity contribution is -0.138. The minimum atomic E-state index is -0.335. The summed E-state index contributed by atoms with van der Waals surface area (Å²) in [6.45, 7) is 7.73. The second-order valence-electron chi connectivity index (χ2n) is 7.47. The van der Waals surface area contributed by atoms with E-state index in [9.17, 15) is 9.59 Å². The molecule has 0 spiro atoms. The van der Waals surface area contributed by atoms with E-state index in [1.807, 2.05) is 30.2 Å². The second-order valence-corrected chi connectivity index (χ2v) is 8.45. The van der Waals surface area contributed by atoms with E-state index in [2.05, 4.69) is 4.98 Å². The zero-order chi connectivity index (χ0) is 20.4. The lowest BCUT2D eigenvalue weighted by atomic mass is 9.94. The number of ether oxygens (including phenoxy) is 1. The molecule has 3 rings (SSSR count). The summed E-state index contributed by atoms with van der Waals surface area (Å²) in [5, 5.41) is 0. The molecule has 1 saturated carbocycles. The third-order valence-electron chi connectivity index (χ3n) is 5.51. The molecule has 2 heterocycles. The Balaban J connectivity index is 1.95. The van der Waals surface area contributed by atoms with Crippen LogP contribution in [0, 0.1) is 13.8 Å². The highest BCUT2D eigenvalue weighted by molar-refractivity contribution is 7.19. The molecule has 0 bridgehead atoms. The number of nitrogens with zero attached hydrogens (tertiary/aromatic N) is 3. The third kappa shape index (κ3) is 3.85. The van der Waals surface area contributed by atoms with Crippen LogP contribution in [0.4, 0.5) is 0 Å². The maximum absolute atomic E-state index is 13.1. The summed E-state index contributed by atoms with van der Waals surface area (Å²) < 4.78 is 7.06. The Hall–Kier alpha value is -2.15. The van der Waals surface area contributed by atoms with Crippen molar-refractivity contribution in [1.82, 2.24) is 14.3 Å². The van der Waals surface area contributed by atoms with Crippen LogP contribution in [0.2, 0.25) is 0 Å². The molecule has 0 aliphatic heterocycles. The van der Waals surface area contributed by atoms with Crippen LogP contribution in [0.15, 0.2) is 5.57 Å². The molecule has 28 heavy (non-hydrogen) atoms. The van der Waals surface area contributed by atoms with Crippen LogP contribution in [0.5, 0.6) is 0 Å². The van der Waals surface area contributed by atoms with Gasteiger partial charge in [-0.25, -0.2) is 9.78 Å². The van der Waals surface area contributed by atoms with Crippen molar-refractivity contribution in [2.24, 2.45) is 0 Å². The molecule has 0 saturated heterocycles. The molecular formula is C21H29N3O3S. The van der Waals surface area contributed by atoms with E-state index in [1.165, 1.54) is 30.6 Å². The smallest absolute Gasteiger partial charge is 0.333 e. The topological polar surface area (TPSA) is 63.9 Å². The van der Waals surface area contributed by atoms with Gasteiger partial charge in [-0.3, -0.25) is 9.20 Å². The van der Waals surface area contributed by atoms with E-state index in [1.54, 1.807) is 19.9 Å². The average Bonchev–Trinajstić information content (AvgIpc) is 3.17. The summed E-state index contributed by atoms with van der Waals surface area (Å²) in [6.07, 6.45) is 7.60. The number of amides is 1. The van der Waals surface area contributed by atoms with Gasteiger partial charge in [-0.2, -0.15) is 0 Å². The largest absolute Gasteiger partial charge is 0.463 e. The van der Waals surface area contributed by atoms with Crippen LogP contribution in [-0.4, -0.2) is 45.9 Å². The Labute approximate surface area is 170 Å². The number of aromatic nitrogens is 2. The first-order chi connectivity index (χ1) is 13.3. The highest BCUT2D eigenvalue weighted by Crippen LogP contribution is 2.30. The summed E-state index contributed by atoms with van der Waals surface area (Å²) in [5.74, 6) is -0.271. The molecule has 0 N–H and O–H groups in total. The predicted octanol–water partition coefficient (Wildman–Crippen LogP) is 4.38. The highest BCUT2D eigenvalue weighted by Gasteiger charge is 2.27. The molecule has 6 nitrogen and oxygen atoms in total. The first-order valence-corrected chi connectivity index (χ1v) is 10.8. The van der Waals surface area contributed by atoms with Crippen LogP contribution >= 0.6 is 11.3 Å². The standard InChI is InChI=1S/C21H29N3O3S/c1-6-27-20(26)13(2)12-17-14(3)22-21-24(17)15(4)18(28-21)19(25)23(5)16-10-8-7-9-11-16/h12,16H,6-11H2,1-5H3/b13-12+. The summed E-state index contributed by atoms with van der Waals surface area (Å²) >= 11 is 1.42. The van der Waals surface area contributed by atoms with Crippen LogP contribution in [-0.2, 0) is 9.53 Å². The predicted molar refractivity (Wildman–Crippen MR) is 112 cm³/mol. The molecule has 0 aromatic carbocycles. The van der Waals surface area contributed by atoms with Gasteiger partial charge in [0.2, 0.25) is 0 Å². The first kappa shape index (κ1) is 20.6. The quantitative estimate of drug-likeness (QED) is 0.549. The van der Waals surface area contributed by atoms with Crippen molar-refractivity contribution in [3.63, 3.8) is 0 Å². The molecule has 2 aromatic rings. The number of aryl methyl sites for hydroxylation is 2. The van der Waals surface area contributed by atoms with E-state index in [0.29, 0.717) is 18.2 Å². The Morgan fingerprint density at radius 1 is 1.29 bits per heavy atom. The monoisotopic (exact) mass is 403 g/mol. The Bertz CT molecular complexity index is 919. The Kier molecular flexibility index (Phi) is 6.23. The van der Waals surface area contributed by atoms with Gasteiger partial charge in [0.25, 0.3) is 5.91 Å². The van der Waals surface area contributed by atoms with Crippen molar-refractivity contribution in [2.45, 2.75) is 65.8 Å². The minimum Gasteiger partial charge on any atom is -0.463 e. The summed E-state index contributed by atoms with van der Waals surface area (Å²) in [5.41, 5.74) is 3.05. The number of thiazole rings is 1. The summed E-state index contributed by atoms with van der Waals surface area (Å²) in [6, 6.07) is 0.322. The number of fused-ring (bicyclic) bond motifs is 1. The number of esters is 1. The van der Waals surface area contributed by atoms with Gasteiger partial charge in [-0.05, 0) is 46.6 Å². The number of hydrogen-bond acceptors (Lipinski definition) is 5. The molecule has 2 aromatic heterocycles. The van der Waals surface area contributed by atoms with Gasteiger partial charge in [-0.15, -0.1) is 0 Å². The number of rotatable bonds is 5. The van der Waals surface area contributed by atoms with Gasteiger partial charge in [0.15, 0.2) is 4.96 Å². The number of hydrogen-bond donors (Lipinski definition) is 0. The fourth-order valence-corrected chi connectivity index (χ4v) is 5.01. The maximum Gasteiger partial charge on any atom is 0.333 e. The third-order valence-corrected chi connectivity index (χ3v) is 6.64. The van der Waals surface area contributed by atoms with Crippen molar-refractivity contribution in [1.29, 1.82) is 0 Å². The summed E-state index contributed by atoms with van der Waals surface area (Å²) in [7, 11) is 1.91. The molecule has 0 radical (unpaired) electrons. The van der Waals surface area contributed by atoms with Crippen molar-refractivity contribution < 1.29 is 14.3 Å². The van der Waals surface area contributed by atoms with Crippen molar-refractivity contribution in [3.05, 3.63) is 27.5 Å². The van der Waals surface area contributed by atoms with E-state index in [0.717, 1.165) is 39.8 Å². The minimum absolute atomic E-state index is 0.0644. The molecule has 0 unspecified atom stereocenters.